The van der Waals surface area contributed by atoms with Crippen molar-refractivity contribution < 1.29 is 8.78 Å². The second-order valence-electron chi connectivity index (χ2n) is 4.42. The molecule has 0 aliphatic carbocycles. The van der Waals surface area contributed by atoms with Crippen molar-refractivity contribution in [3.63, 3.8) is 0 Å². The number of anilines is 1. The van der Waals surface area contributed by atoms with Gasteiger partial charge in [0, 0.05) is 11.3 Å². The lowest BCUT2D eigenvalue weighted by Gasteiger charge is -2.12. The van der Waals surface area contributed by atoms with Gasteiger partial charge >= 0.3 is 0 Å². The number of nitrogens with one attached hydrogen (secondary N) is 1. The van der Waals surface area contributed by atoms with Crippen molar-refractivity contribution in [3.05, 3.63) is 29.8 Å². The Morgan fingerprint density at radius 3 is 2.72 bits per heavy atom. The van der Waals surface area contributed by atoms with Gasteiger partial charge in [-0.1, -0.05) is 33.1 Å². The van der Waals surface area contributed by atoms with Crippen molar-refractivity contribution in [2.45, 2.75) is 44.8 Å². The van der Waals surface area contributed by atoms with Crippen LogP contribution in [-0.4, -0.2) is 11.1 Å². The summed E-state index contributed by atoms with van der Waals surface area (Å²) in [6, 6.07) is 3.60. The van der Waals surface area contributed by atoms with Gasteiger partial charge in [0.1, 0.15) is 11.6 Å². The lowest BCUT2D eigenvalue weighted by Crippen LogP contribution is -2.05. The van der Waals surface area contributed by atoms with Crippen LogP contribution in [0, 0.1) is 11.6 Å². The molecule has 4 heteroatoms. The maximum Gasteiger partial charge on any atom is 0.149 e. The molecule has 0 aromatic heterocycles. The van der Waals surface area contributed by atoms with Gasteiger partial charge in [-0.05, 0) is 18.6 Å². The number of hydrogen-bond acceptors (Lipinski definition) is 2. The van der Waals surface area contributed by atoms with E-state index < -0.39 is 11.6 Å². The van der Waals surface area contributed by atoms with E-state index in [0.717, 1.165) is 6.07 Å². The van der Waals surface area contributed by atoms with Crippen molar-refractivity contribution in [1.82, 2.24) is 0 Å². The van der Waals surface area contributed by atoms with Crippen LogP contribution in [0.1, 0.15) is 39.5 Å². The summed E-state index contributed by atoms with van der Waals surface area (Å²) in [5.41, 5.74) is 0.365. The standard InChI is InChI=1S/C14H21F2NS/c1-3-4-5-6-11(2)18-10-17-14-8-7-12(15)9-13(14)16/h7-9,11,17H,3-6,10H2,1-2H3/t11-/m0/s1. The second-order valence-corrected chi connectivity index (χ2v) is 5.85. The number of thioether (sulfide) groups is 1. The van der Waals surface area contributed by atoms with E-state index in [4.69, 9.17) is 0 Å². The van der Waals surface area contributed by atoms with Crippen LogP contribution in [0.5, 0.6) is 0 Å². The fourth-order valence-electron chi connectivity index (χ4n) is 1.66. The van der Waals surface area contributed by atoms with Crippen LogP contribution in [0.25, 0.3) is 0 Å². The molecule has 1 rings (SSSR count). The number of halogens is 2. The molecule has 102 valence electrons. The fraction of sp³-hybridized carbons (Fsp3) is 0.571. The van der Waals surface area contributed by atoms with E-state index in [2.05, 4.69) is 19.2 Å². The van der Waals surface area contributed by atoms with Crippen LogP contribution >= 0.6 is 11.8 Å². The molecule has 0 spiro atoms. The molecule has 0 unspecified atom stereocenters. The van der Waals surface area contributed by atoms with Gasteiger partial charge in [0.2, 0.25) is 0 Å². The summed E-state index contributed by atoms with van der Waals surface area (Å²) in [4.78, 5) is 0. The summed E-state index contributed by atoms with van der Waals surface area (Å²) in [7, 11) is 0. The zero-order valence-electron chi connectivity index (χ0n) is 11.0. The predicted octanol–water partition coefficient (Wildman–Crippen LogP) is 5.04. The van der Waals surface area contributed by atoms with Gasteiger partial charge in [-0.15, -0.1) is 11.8 Å². The molecule has 0 heterocycles. The Bertz CT molecular complexity index is 358. The predicted molar refractivity (Wildman–Crippen MR) is 76.0 cm³/mol. The van der Waals surface area contributed by atoms with Crippen molar-refractivity contribution in [2.24, 2.45) is 0 Å². The smallest absolute Gasteiger partial charge is 0.149 e. The summed E-state index contributed by atoms with van der Waals surface area (Å²) in [6.07, 6.45) is 4.93. The first-order valence-corrected chi connectivity index (χ1v) is 7.49. The molecule has 0 saturated heterocycles. The topological polar surface area (TPSA) is 12.0 Å². The molecule has 18 heavy (non-hydrogen) atoms. The van der Waals surface area contributed by atoms with E-state index in [9.17, 15) is 8.78 Å². The first-order chi connectivity index (χ1) is 8.63. The molecule has 0 amide bonds. The van der Waals surface area contributed by atoms with Gasteiger partial charge in [-0.25, -0.2) is 8.78 Å². The van der Waals surface area contributed by atoms with Crippen LogP contribution < -0.4 is 5.32 Å². The van der Waals surface area contributed by atoms with Gasteiger partial charge in [0.15, 0.2) is 0 Å². The highest BCUT2D eigenvalue weighted by Crippen LogP contribution is 2.20. The summed E-state index contributed by atoms with van der Waals surface area (Å²) < 4.78 is 26.0. The van der Waals surface area contributed by atoms with Crippen LogP contribution in [0.4, 0.5) is 14.5 Å². The fourth-order valence-corrected chi connectivity index (χ4v) is 2.52. The van der Waals surface area contributed by atoms with E-state index in [1.807, 2.05) is 0 Å². The lowest BCUT2D eigenvalue weighted by molar-refractivity contribution is 0.585. The second kappa shape index (κ2) is 8.35. The number of hydrogen-bond donors (Lipinski definition) is 1. The number of unbranched alkanes of at least 4 members (excludes halogenated alkanes) is 2. The molecular formula is C14H21F2NS. The molecule has 1 atom stereocenters. The first-order valence-electron chi connectivity index (χ1n) is 6.44. The average Bonchev–Trinajstić information content (AvgIpc) is 2.32. The average molecular weight is 273 g/mol. The summed E-state index contributed by atoms with van der Waals surface area (Å²) in [5.74, 6) is -0.427. The molecule has 1 aromatic carbocycles. The Morgan fingerprint density at radius 1 is 1.28 bits per heavy atom. The Hall–Kier alpha value is -0.770. The highest BCUT2D eigenvalue weighted by molar-refractivity contribution is 7.99. The summed E-state index contributed by atoms with van der Waals surface area (Å²) in [6.45, 7) is 4.37. The molecule has 0 aliphatic rings. The molecule has 0 bridgehead atoms. The largest absolute Gasteiger partial charge is 0.374 e. The molecule has 0 radical (unpaired) electrons. The van der Waals surface area contributed by atoms with E-state index in [-0.39, 0.29) is 0 Å². The minimum Gasteiger partial charge on any atom is -0.374 e. The number of rotatable bonds is 8. The zero-order chi connectivity index (χ0) is 13.4. The first kappa shape index (κ1) is 15.3. The van der Waals surface area contributed by atoms with Gasteiger partial charge < -0.3 is 5.32 Å². The van der Waals surface area contributed by atoms with Crippen molar-refractivity contribution >= 4 is 17.4 Å². The molecule has 1 nitrogen and oxygen atoms in total. The Balaban J connectivity index is 2.24. The van der Waals surface area contributed by atoms with Gasteiger partial charge in [0.05, 0.1) is 11.6 Å². The van der Waals surface area contributed by atoms with Crippen molar-refractivity contribution in [3.8, 4) is 0 Å². The van der Waals surface area contributed by atoms with E-state index in [1.54, 1.807) is 11.8 Å². The van der Waals surface area contributed by atoms with E-state index in [0.29, 0.717) is 16.8 Å². The Labute approximate surface area is 112 Å². The van der Waals surface area contributed by atoms with Crippen LogP contribution in [0.3, 0.4) is 0 Å². The summed E-state index contributed by atoms with van der Waals surface area (Å²) >= 11 is 1.76. The maximum atomic E-state index is 13.3. The van der Waals surface area contributed by atoms with Gasteiger partial charge in [-0.2, -0.15) is 0 Å². The molecule has 1 N–H and O–H groups in total. The van der Waals surface area contributed by atoms with Crippen molar-refractivity contribution in [2.75, 3.05) is 11.2 Å². The highest BCUT2D eigenvalue weighted by Gasteiger charge is 2.05. The molecule has 1 aromatic rings. The minimum atomic E-state index is -0.543. The lowest BCUT2D eigenvalue weighted by atomic mass is 10.2. The van der Waals surface area contributed by atoms with Gasteiger partial charge in [-0.3, -0.25) is 0 Å². The SMILES string of the molecule is CCCCC[C@H](C)SCNc1ccc(F)cc1F. The maximum absolute atomic E-state index is 13.3. The number of benzene rings is 1. The third-order valence-corrected chi connectivity index (χ3v) is 3.89. The monoisotopic (exact) mass is 273 g/mol. The van der Waals surface area contributed by atoms with Crippen molar-refractivity contribution in [1.29, 1.82) is 0 Å². The third kappa shape index (κ3) is 5.71. The third-order valence-electron chi connectivity index (χ3n) is 2.78. The van der Waals surface area contributed by atoms with Gasteiger partial charge in [0.25, 0.3) is 0 Å². The molecule has 0 saturated carbocycles. The van der Waals surface area contributed by atoms with Crippen LogP contribution in [0.2, 0.25) is 0 Å². The van der Waals surface area contributed by atoms with E-state index in [1.165, 1.54) is 37.8 Å². The van der Waals surface area contributed by atoms with Crippen LogP contribution in [0.15, 0.2) is 18.2 Å². The molecule has 0 fully saturated rings. The Morgan fingerprint density at radius 2 is 2.06 bits per heavy atom. The highest BCUT2D eigenvalue weighted by atomic mass is 32.2. The summed E-state index contributed by atoms with van der Waals surface area (Å²) in [5, 5.41) is 3.55. The van der Waals surface area contributed by atoms with E-state index >= 15 is 0 Å². The molecular weight excluding hydrogens is 252 g/mol. The normalized spacial score (nSPS) is 12.4. The zero-order valence-corrected chi connectivity index (χ0v) is 11.8. The Kier molecular flexibility index (Phi) is 7.09. The quantitative estimate of drug-likeness (QED) is 0.526. The molecule has 0 aliphatic heterocycles. The minimum absolute atomic E-state index is 0.365. The van der Waals surface area contributed by atoms with Crippen LogP contribution in [-0.2, 0) is 0 Å².